The van der Waals surface area contributed by atoms with Crippen LogP contribution in [0.15, 0.2) is 127 Å². The largest absolute Gasteiger partial charge is 0.494 e. The summed E-state index contributed by atoms with van der Waals surface area (Å²) in [5, 5.41) is 0. The molecule has 10 nitrogen and oxygen atoms in total. The van der Waals surface area contributed by atoms with Crippen molar-refractivity contribution in [2.24, 2.45) is 4.99 Å². The van der Waals surface area contributed by atoms with Gasteiger partial charge in [-0.15, -0.1) is 0 Å². The smallest absolute Gasteiger partial charge is 0.343 e. The van der Waals surface area contributed by atoms with Crippen molar-refractivity contribution in [1.82, 2.24) is 0 Å². The van der Waals surface area contributed by atoms with Crippen LogP contribution in [0.5, 0.6) is 17.2 Å². The zero-order chi connectivity index (χ0) is 34.6. The molecule has 0 fully saturated rings. The fraction of sp³-hybridized carbons (Fsp3) is 0.184. The molecule has 0 aliphatic carbocycles. The van der Waals surface area contributed by atoms with Gasteiger partial charge in [0, 0.05) is 12.3 Å². The second-order valence-corrected chi connectivity index (χ2v) is 9.90. The minimum atomic E-state index is -0.556. The maximum absolute atomic E-state index is 12.7. The van der Waals surface area contributed by atoms with Crippen LogP contribution in [0.1, 0.15) is 46.0 Å². The molecule has 0 bridgehead atoms. The third-order valence-electron chi connectivity index (χ3n) is 6.29. The fourth-order valence-electron chi connectivity index (χ4n) is 3.85. The lowest BCUT2D eigenvalue weighted by Crippen LogP contribution is -2.10. The fourth-order valence-corrected chi connectivity index (χ4v) is 3.85. The summed E-state index contributed by atoms with van der Waals surface area (Å²) in [6.45, 7) is 9.85. The molecule has 0 aliphatic rings. The van der Waals surface area contributed by atoms with E-state index in [9.17, 15) is 19.2 Å². The summed E-state index contributed by atoms with van der Waals surface area (Å²) in [6, 6.07) is 19.4. The Bertz CT molecular complexity index is 1630. The van der Waals surface area contributed by atoms with Gasteiger partial charge in [-0.2, -0.15) is 0 Å². The molecule has 0 saturated heterocycles. The van der Waals surface area contributed by atoms with E-state index in [1.807, 2.05) is 0 Å². The van der Waals surface area contributed by atoms with Gasteiger partial charge >= 0.3 is 23.9 Å². The third kappa shape index (κ3) is 12.8. The van der Waals surface area contributed by atoms with Crippen LogP contribution in [0.3, 0.4) is 0 Å². The molecule has 0 unspecified atom stereocenters. The zero-order valence-electron chi connectivity index (χ0n) is 26.7. The van der Waals surface area contributed by atoms with E-state index in [1.54, 1.807) is 73.7 Å². The number of benzene rings is 3. The van der Waals surface area contributed by atoms with Gasteiger partial charge in [-0.05, 0) is 92.1 Å². The quantitative estimate of drug-likeness (QED) is 0.0277. The molecular formula is C38H37NO9. The number of hydrogen-bond donors (Lipinski definition) is 0. The van der Waals surface area contributed by atoms with Crippen LogP contribution in [-0.2, 0) is 25.6 Å². The highest BCUT2D eigenvalue weighted by molar-refractivity contribution is 5.96. The standard InChI is InChI=1S/C38H37NO9/c1-4-9-29(36(41)46-24-5-2)22-23-39-27-28-10-12-30(13-11-28)37(42)47-33-18-20-34(21-19-33)48-38(43)31-14-16-32(17-15-31)44-25-7-8-26-45-35(40)6-3/h4-6,9-23H,2-3,7-8,24-27H2,1H3/b9-4-,29-22+,39-23?. The summed E-state index contributed by atoms with van der Waals surface area (Å²) in [6.07, 6.45) is 10.4. The second kappa shape index (κ2) is 20.2. The predicted molar refractivity (Wildman–Crippen MR) is 181 cm³/mol. The van der Waals surface area contributed by atoms with Crippen LogP contribution in [-0.4, -0.2) is 49.9 Å². The first-order valence-corrected chi connectivity index (χ1v) is 15.1. The molecule has 248 valence electrons. The Morgan fingerprint density at radius 2 is 1.29 bits per heavy atom. The average Bonchev–Trinajstić information content (AvgIpc) is 3.11. The van der Waals surface area contributed by atoms with Crippen LogP contribution in [0.25, 0.3) is 0 Å². The van der Waals surface area contributed by atoms with Gasteiger partial charge in [0.25, 0.3) is 0 Å². The SMILES string of the molecule is C=CCOC(=O)C(/C=C\C)=C/C=NCc1ccc(C(=O)Oc2ccc(OC(=O)c3ccc(OCCCCOC(=O)C=C)cc3)cc2)cc1. The first-order chi connectivity index (χ1) is 23.3. The lowest BCUT2D eigenvalue weighted by Gasteiger charge is -2.09. The molecule has 3 aromatic rings. The number of ether oxygens (including phenoxy) is 5. The van der Waals surface area contributed by atoms with Gasteiger partial charge in [-0.25, -0.2) is 19.2 Å². The van der Waals surface area contributed by atoms with E-state index in [-0.39, 0.29) is 18.1 Å². The highest BCUT2D eigenvalue weighted by Gasteiger charge is 2.12. The Kier molecular flexibility index (Phi) is 15.3. The normalized spacial score (nSPS) is 11.1. The molecule has 0 spiro atoms. The molecule has 3 aromatic carbocycles. The molecule has 3 rings (SSSR count). The molecule has 0 heterocycles. The molecule has 0 amide bonds. The topological polar surface area (TPSA) is 127 Å². The minimum absolute atomic E-state index is 0.122. The molecule has 10 heteroatoms. The van der Waals surface area contributed by atoms with E-state index < -0.39 is 23.9 Å². The van der Waals surface area contributed by atoms with Crippen molar-refractivity contribution in [3.05, 3.63) is 139 Å². The van der Waals surface area contributed by atoms with Gasteiger partial charge < -0.3 is 23.7 Å². The summed E-state index contributed by atoms with van der Waals surface area (Å²) in [5.74, 6) is -0.872. The Hall–Kier alpha value is -6.03. The Balaban J connectivity index is 1.44. The molecule has 0 N–H and O–H groups in total. The molecule has 48 heavy (non-hydrogen) atoms. The minimum Gasteiger partial charge on any atom is -0.494 e. The number of esters is 4. The van der Waals surface area contributed by atoms with Crippen molar-refractivity contribution >= 4 is 30.1 Å². The monoisotopic (exact) mass is 651 g/mol. The first kappa shape index (κ1) is 36.4. The lowest BCUT2D eigenvalue weighted by molar-refractivity contribution is -0.138. The molecule has 0 atom stereocenters. The lowest BCUT2D eigenvalue weighted by atomic mass is 10.1. The van der Waals surface area contributed by atoms with Gasteiger partial charge in [0.05, 0.1) is 36.5 Å². The summed E-state index contributed by atoms with van der Waals surface area (Å²) in [7, 11) is 0. The van der Waals surface area contributed by atoms with Crippen molar-refractivity contribution in [1.29, 1.82) is 0 Å². The Morgan fingerprint density at radius 1 is 0.729 bits per heavy atom. The van der Waals surface area contributed by atoms with Gasteiger partial charge in [0.1, 0.15) is 23.9 Å². The molecule has 0 aromatic heterocycles. The van der Waals surface area contributed by atoms with Crippen LogP contribution in [0.4, 0.5) is 0 Å². The van der Waals surface area contributed by atoms with Crippen LogP contribution in [0, 0.1) is 0 Å². The maximum Gasteiger partial charge on any atom is 0.343 e. The number of hydrogen-bond acceptors (Lipinski definition) is 10. The van der Waals surface area contributed by atoms with E-state index in [2.05, 4.69) is 18.2 Å². The number of carbonyl (C=O) groups excluding carboxylic acids is 4. The average molecular weight is 652 g/mol. The third-order valence-corrected chi connectivity index (χ3v) is 6.29. The Morgan fingerprint density at radius 3 is 1.85 bits per heavy atom. The number of carbonyl (C=O) groups is 4. The van der Waals surface area contributed by atoms with Gasteiger partial charge in [0.2, 0.25) is 0 Å². The molecular weight excluding hydrogens is 614 g/mol. The summed E-state index contributed by atoms with van der Waals surface area (Å²) in [4.78, 5) is 52.6. The van der Waals surface area contributed by atoms with Gasteiger partial charge in [-0.3, -0.25) is 4.99 Å². The van der Waals surface area contributed by atoms with Crippen molar-refractivity contribution in [2.75, 3.05) is 19.8 Å². The molecule has 0 aliphatic heterocycles. The van der Waals surface area contributed by atoms with Crippen molar-refractivity contribution in [3.8, 4) is 17.2 Å². The maximum atomic E-state index is 12.7. The van der Waals surface area contributed by atoms with Crippen LogP contribution < -0.4 is 14.2 Å². The van der Waals surface area contributed by atoms with E-state index in [0.29, 0.717) is 55.0 Å². The van der Waals surface area contributed by atoms with Gasteiger partial charge in [-0.1, -0.05) is 43.5 Å². The zero-order valence-corrected chi connectivity index (χ0v) is 26.7. The number of rotatable bonds is 18. The van der Waals surface area contributed by atoms with E-state index in [4.69, 9.17) is 23.7 Å². The Labute approximate surface area is 279 Å². The number of allylic oxidation sites excluding steroid dienone is 2. The first-order valence-electron chi connectivity index (χ1n) is 15.1. The predicted octanol–water partition coefficient (Wildman–Crippen LogP) is 6.82. The summed E-state index contributed by atoms with van der Waals surface area (Å²) < 4.78 is 26.5. The number of nitrogens with zero attached hydrogens (tertiary/aromatic N) is 1. The number of aliphatic imine (C=N–C) groups is 1. The highest BCUT2D eigenvalue weighted by Crippen LogP contribution is 2.21. The van der Waals surface area contributed by atoms with Crippen LogP contribution >= 0.6 is 0 Å². The molecule has 0 saturated carbocycles. The van der Waals surface area contributed by atoms with Crippen molar-refractivity contribution in [2.45, 2.75) is 26.3 Å². The van der Waals surface area contributed by atoms with E-state index in [1.165, 1.54) is 36.6 Å². The summed E-state index contributed by atoms with van der Waals surface area (Å²) in [5.41, 5.74) is 1.90. The summed E-state index contributed by atoms with van der Waals surface area (Å²) >= 11 is 0. The van der Waals surface area contributed by atoms with Gasteiger partial charge in [0.15, 0.2) is 0 Å². The van der Waals surface area contributed by atoms with E-state index >= 15 is 0 Å². The van der Waals surface area contributed by atoms with Crippen molar-refractivity contribution in [3.63, 3.8) is 0 Å². The van der Waals surface area contributed by atoms with Crippen molar-refractivity contribution < 1.29 is 42.9 Å². The number of unbranched alkanes of at least 4 members (excludes halogenated alkanes) is 1. The highest BCUT2D eigenvalue weighted by atomic mass is 16.5. The van der Waals surface area contributed by atoms with Crippen LogP contribution in [0.2, 0.25) is 0 Å². The second-order valence-electron chi connectivity index (χ2n) is 9.90. The van der Waals surface area contributed by atoms with E-state index in [0.717, 1.165) is 11.6 Å². The molecule has 0 radical (unpaired) electrons.